The monoisotopic (exact) mass is 452 g/mol. The Kier molecular flexibility index (Phi) is 5.49. The first-order valence-electron chi connectivity index (χ1n) is 10.1. The van der Waals surface area contributed by atoms with Crippen LogP contribution in [0.25, 0.3) is 11.4 Å². The lowest BCUT2D eigenvalue weighted by atomic mass is 9.84. The Morgan fingerprint density at radius 2 is 1.62 bits per heavy atom. The van der Waals surface area contributed by atoms with E-state index in [-0.39, 0.29) is 33.6 Å². The zero-order chi connectivity index (χ0) is 23.2. The standard InChI is InChI=1S/C23H24N4O4S/c1-13(12-27(2)3)26-32(30,31)15-10-8-14(9-11-15)21-19-18(23(29)25-21)20(24)16-6-4-5-7-17(16)22(19)28/h4-11,13,26H,12,24H2,1-3H3,(H,25,29). The molecule has 0 spiro atoms. The zero-order valence-electron chi connectivity index (χ0n) is 18.0. The fourth-order valence-electron chi connectivity index (χ4n) is 4.08. The number of fused-ring (bicyclic) bond motifs is 2. The first-order chi connectivity index (χ1) is 15.1. The second kappa shape index (κ2) is 8.01. The van der Waals surface area contributed by atoms with Gasteiger partial charge in [-0.25, -0.2) is 13.1 Å². The molecule has 2 aromatic rings. The van der Waals surface area contributed by atoms with Gasteiger partial charge in [0.05, 0.1) is 27.4 Å². The normalized spacial score (nSPS) is 16.9. The molecule has 166 valence electrons. The Morgan fingerprint density at radius 1 is 1.00 bits per heavy atom. The molecule has 1 atom stereocenters. The van der Waals surface area contributed by atoms with Gasteiger partial charge in [0, 0.05) is 23.7 Å². The van der Waals surface area contributed by atoms with Gasteiger partial charge in [-0.1, -0.05) is 36.4 Å². The van der Waals surface area contributed by atoms with Crippen LogP contribution in [0.3, 0.4) is 0 Å². The van der Waals surface area contributed by atoms with Gasteiger partial charge in [0.1, 0.15) is 0 Å². The molecule has 0 bridgehead atoms. The Bertz CT molecular complexity index is 1290. The van der Waals surface area contributed by atoms with Gasteiger partial charge in [-0.15, -0.1) is 0 Å². The summed E-state index contributed by atoms with van der Waals surface area (Å²) in [6.07, 6.45) is 0. The lowest BCUT2D eigenvalue weighted by Crippen LogP contribution is -2.39. The fourth-order valence-corrected chi connectivity index (χ4v) is 5.32. The van der Waals surface area contributed by atoms with E-state index in [9.17, 15) is 18.0 Å². The zero-order valence-corrected chi connectivity index (χ0v) is 18.8. The van der Waals surface area contributed by atoms with Crippen molar-refractivity contribution in [3.63, 3.8) is 0 Å². The number of carbonyl (C=O) groups is 2. The Balaban J connectivity index is 1.71. The maximum absolute atomic E-state index is 13.2. The number of benzene rings is 2. The molecule has 1 aliphatic carbocycles. The first kappa shape index (κ1) is 21.9. The average Bonchev–Trinajstić information content (AvgIpc) is 3.08. The van der Waals surface area contributed by atoms with Crippen LogP contribution in [0.4, 0.5) is 0 Å². The lowest BCUT2D eigenvalue weighted by molar-refractivity contribution is -0.115. The van der Waals surface area contributed by atoms with Crippen molar-refractivity contribution >= 4 is 33.1 Å². The minimum atomic E-state index is -3.72. The second-order valence-corrected chi connectivity index (χ2v) is 9.89. The maximum Gasteiger partial charge on any atom is 0.258 e. The largest absolute Gasteiger partial charge is 0.398 e. The van der Waals surface area contributed by atoms with Crippen molar-refractivity contribution in [2.24, 2.45) is 5.73 Å². The highest BCUT2D eigenvalue weighted by Crippen LogP contribution is 2.39. The summed E-state index contributed by atoms with van der Waals surface area (Å²) in [4.78, 5) is 27.8. The summed E-state index contributed by atoms with van der Waals surface area (Å²) >= 11 is 0. The van der Waals surface area contributed by atoms with Crippen LogP contribution in [0.2, 0.25) is 0 Å². The van der Waals surface area contributed by atoms with Crippen LogP contribution < -0.4 is 15.8 Å². The van der Waals surface area contributed by atoms with Gasteiger partial charge < -0.3 is 16.0 Å². The minimum Gasteiger partial charge on any atom is -0.398 e. The molecular formula is C23H24N4O4S. The van der Waals surface area contributed by atoms with Crippen LogP contribution >= 0.6 is 0 Å². The lowest BCUT2D eigenvalue weighted by Gasteiger charge is -2.19. The number of likely N-dealkylation sites (N-methyl/N-ethyl adjacent to an activating group) is 1. The van der Waals surface area contributed by atoms with Gasteiger partial charge in [-0.2, -0.15) is 0 Å². The topological polar surface area (TPSA) is 122 Å². The highest BCUT2D eigenvalue weighted by Gasteiger charge is 2.39. The number of sulfonamides is 1. The minimum absolute atomic E-state index is 0.0948. The maximum atomic E-state index is 13.2. The van der Waals surface area contributed by atoms with Gasteiger partial charge >= 0.3 is 0 Å². The third-order valence-corrected chi connectivity index (χ3v) is 6.98. The van der Waals surface area contributed by atoms with Crippen molar-refractivity contribution in [1.29, 1.82) is 0 Å². The fraction of sp³-hybridized carbons (Fsp3) is 0.217. The number of ketones is 1. The molecule has 32 heavy (non-hydrogen) atoms. The van der Waals surface area contributed by atoms with Gasteiger partial charge in [0.25, 0.3) is 5.91 Å². The van der Waals surface area contributed by atoms with Gasteiger partial charge in [-0.05, 0) is 38.7 Å². The highest BCUT2D eigenvalue weighted by atomic mass is 32.2. The average molecular weight is 453 g/mol. The van der Waals surface area contributed by atoms with Crippen molar-refractivity contribution in [1.82, 2.24) is 14.9 Å². The van der Waals surface area contributed by atoms with Crippen molar-refractivity contribution in [3.05, 3.63) is 76.4 Å². The van der Waals surface area contributed by atoms with Crippen LogP contribution in [0, 0.1) is 0 Å². The molecule has 1 unspecified atom stereocenters. The SMILES string of the molecule is CC(CN(C)C)NS(=O)(=O)c1ccc(C2=C3C(=O)c4ccccc4C(N)=C3C(=O)N2)cc1. The van der Waals surface area contributed by atoms with E-state index >= 15 is 0 Å². The number of nitrogens with two attached hydrogens (primary N) is 1. The Hall–Kier alpha value is -3.27. The smallest absolute Gasteiger partial charge is 0.258 e. The molecule has 0 aromatic heterocycles. The third-order valence-electron chi connectivity index (χ3n) is 5.37. The van der Waals surface area contributed by atoms with Gasteiger partial charge in [0.15, 0.2) is 5.78 Å². The summed E-state index contributed by atoms with van der Waals surface area (Å²) in [5.74, 6) is -0.750. The third kappa shape index (κ3) is 3.75. The van der Waals surface area contributed by atoms with Crippen molar-refractivity contribution in [2.45, 2.75) is 17.9 Å². The number of carbonyl (C=O) groups excluding carboxylic acids is 2. The first-order valence-corrected chi connectivity index (χ1v) is 11.6. The van der Waals surface area contributed by atoms with Crippen LogP contribution in [0.1, 0.15) is 28.4 Å². The molecule has 9 heteroatoms. The summed E-state index contributed by atoms with van der Waals surface area (Å²) in [6, 6.07) is 12.6. The summed E-state index contributed by atoms with van der Waals surface area (Å²) in [6.45, 7) is 2.34. The van der Waals surface area contributed by atoms with Gasteiger partial charge in [-0.3, -0.25) is 9.59 Å². The van der Waals surface area contributed by atoms with E-state index in [0.29, 0.717) is 28.9 Å². The molecule has 1 amide bonds. The van der Waals surface area contributed by atoms with E-state index in [1.165, 1.54) is 12.1 Å². The number of Topliss-reactive ketones (excluding diaryl/α,β-unsaturated/α-hetero) is 1. The predicted molar refractivity (Wildman–Crippen MR) is 122 cm³/mol. The number of hydrogen-bond donors (Lipinski definition) is 3. The Labute approximate surface area is 186 Å². The summed E-state index contributed by atoms with van der Waals surface area (Å²) < 4.78 is 28.0. The van der Waals surface area contributed by atoms with Crippen molar-refractivity contribution in [3.8, 4) is 0 Å². The highest BCUT2D eigenvalue weighted by molar-refractivity contribution is 7.89. The number of nitrogens with one attached hydrogen (secondary N) is 2. The van der Waals surface area contributed by atoms with E-state index in [1.54, 1.807) is 43.3 Å². The number of hydrogen-bond acceptors (Lipinski definition) is 6. The van der Waals surface area contributed by atoms with E-state index < -0.39 is 15.9 Å². The van der Waals surface area contributed by atoms with Crippen LogP contribution in [0.15, 0.2) is 64.6 Å². The molecular weight excluding hydrogens is 428 g/mol. The van der Waals surface area contributed by atoms with Crippen LogP contribution in [-0.2, 0) is 14.8 Å². The molecule has 1 heterocycles. The van der Waals surface area contributed by atoms with Crippen molar-refractivity contribution < 1.29 is 18.0 Å². The summed E-state index contributed by atoms with van der Waals surface area (Å²) in [5, 5.41) is 2.73. The molecule has 1 aliphatic heterocycles. The Morgan fingerprint density at radius 3 is 2.25 bits per heavy atom. The summed E-state index contributed by atoms with van der Waals surface area (Å²) in [5.41, 5.74) is 8.64. The van der Waals surface area contributed by atoms with E-state index in [4.69, 9.17) is 5.73 Å². The quantitative estimate of drug-likeness (QED) is 0.608. The second-order valence-electron chi connectivity index (χ2n) is 8.18. The molecule has 8 nitrogen and oxygen atoms in total. The van der Waals surface area contributed by atoms with E-state index in [1.807, 2.05) is 19.0 Å². The van der Waals surface area contributed by atoms with Crippen LogP contribution in [0.5, 0.6) is 0 Å². The summed E-state index contributed by atoms with van der Waals surface area (Å²) in [7, 11) is 0.0163. The molecule has 2 aliphatic rings. The molecule has 4 rings (SSSR count). The van der Waals surface area contributed by atoms with Crippen molar-refractivity contribution in [2.75, 3.05) is 20.6 Å². The molecule has 4 N–H and O–H groups in total. The molecule has 0 radical (unpaired) electrons. The van der Waals surface area contributed by atoms with Crippen LogP contribution in [-0.4, -0.2) is 51.7 Å². The number of nitrogens with zero attached hydrogens (tertiary/aromatic N) is 1. The molecule has 0 saturated heterocycles. The van der Waals surface area contributed by atoms with E-state index in [0.717, 1.165) is 0 Å². The molecule has 0 fully saturated rings. The number of rotatable bonds is 6. The predicted octanol–water partition coefficient (Wildman–Crippen LogP) is 1.32. The molecule has 2 aromatic carbocycles. The van der Waals surface area contributed by atoms with E-state index in [2.05, 4.69) is 10.0 Å². The van der Waals surface area contributed by atoms with Gasteiger partial charge in [0.2, 0.25) is 10.0 Å². The molecule has 0 saturated carbocycles. The number of amides is 1.